The number of pyridine rings is 1. The zero-order valence-electron chi connectivity index (χ0n) is 12.6. The highest BCUT2D eigenvalue weighted by Gasteiger charge is 2.10. The van der Waals surface area contributed by atoms with Crippen LogP contribution in [0.2, 0.25) is 0 Å². The second-order valence-electron chi connectivity index (χ2n) is 4.92. The monoisotopic (exact) mass is 286 g/mol. The zero-order valence-corrected chi connectivity index (χ0v) is 12.6. The molecule has 0 spiro atoms. The first-order valence-electron chi connectivity index (χ1n) is 7.42. The average molecular weight is 286 g/mol. The summed E-state index contributed by atoms with van der Waals surface area (Å²) in [5.74, 6) is 1.52. The molecule has 0 aliphatic heterocycles. The first-order valence-corrected chi connectivity index (χ1v) is 7.42. The van der Waals surface area contributed by atoms with Gasteiger partial charge >= 0.3 is 0 Å². The fraction of sp³-hybridized carbons (Fsp3) is 0.438. The summed E-state index contributed by atoms with van der Waals surface area (Å²) < 4.78 is 0. The highest BCUT2D eigenvalue weighted by Crippen LogP contribution is 2.18. The molecule has 0 amide bonds. The first-order chi connectivity index (χ1) is 10.3. The lowest BCUT2D eigenvalue weighted by Crippen LogP contribution is -2.21. The van der Waals surface area contributed by atoms with Crippen molar-refractivity contribution < 1.29 is 5.11 Å². The van der Waals surface area contributed by atoms with Crippen LogP contribution in [0.1, 0.15) is 32.4 Å². The van der Waals surface area contributed by atoms with Gasteiger partial charge in [0, 0.05) is 42.4 Å². The van der Waals surface area contributed by atoms with Crippen LogP contribution in [0.4, 0.5) is 5.82 Å². The van der Waals surface area contributed by atoms with Crippen molar-refractivity contribution in [2.45, 2.75) is 39.2 Å². The predicted octanol–water partition coefficient (Wildman–Crippen LogP) is 2.67. The van der Waals surface area contributed by atoms with Crippen LogP contribution in [0, 0.1) is 0 Å². The molecule has 2 N–H and O–H groups in total. The Kier molecular flexibility index (Phi) is 5.63. The van der Waals surface area contributed by atoms with Crippen LogP contribution in [0.25, 0.3) is 11.4 Å². The summed E-state index contributed by atoms with van der Waals surface area (Å²) in [6.07, 6.45) is 5.99. The Hall–Kier alpha value is -2.01. The van der Waals surface area contributed by atoms with Gasteiger partial charge in [-0.2, -0.15) is 0 Å². The number of nitrogens with zero attached hydrogens (tertiary/aromatic N) is 3. The number of aromatic nitrogens is 3. The number of rotatable bonds is 7. The summed E-state index contributed by atoms with van der Waals surface area (Å²) in [4.78, 5) is 13.2. The van der Waals surface area contributed by atoms with Gasteiger partial charge in [-0.3, -0.25) is 4.98 Å². The minimum Gasteiger partial charge on any atom is -0.396 e. The molecule has 2 heterocycles. The van der Waals surface area contributed by atoms with Gasteiger partial charge < -0.3 is 10.4 Å². The van der Waals surface area contributed by atoms with E-state index in [1.807, 2.05) is 18.2 Å². The number of hydrogen-bond donors (Lipinski definition) is 2. The Morgan fingerprint density at radius 1 is 1.19 bits per heavy atom. The van der Waals surface area contributed by atoms with Gasteiger partial charge in [-0.25, -0.2) is 9.97 Å². The topological polar surface area (TPSA) is 70.9 Å². The third kappa shape index (κ3) is 4.23. The summed E-state index contributed by atoms with van der Waals surface area (Å²) in [6.45, 7) is 4.35. The maximum atomic E-state index is 9.10. The Labute approximate surface area is 125 Å². The quantitative estimate of drug-likeness (QED) is 0.819. The van der Waals surface area contributed by atoms with Gasteiger partial charge in [-0.05, 0) is 31.4 Å². The van der Waals surface area contributed by atoms with Crippen molar-refractivity contribution in [3.05, 3.63) is 36.3 Å². The molecular weight excluding hydrogens is 264 g/mol. The summed E-state index contributed by atoms with van der Waals surface area (Å²) >= 11 is 0. The van der Waals surface area contributed by atoms with Gasteiger partial charge in [-0.1, -0.05) is 13.8 Å². The Morgan fingerprint density at radius 3 is 2.57 bits per heavy atom. The third-order valence-electron chi connectivity index (χ3n) is 3.40. The fourth-order valence-corrected chi connectivity index (χ4v) is 2.13. The van der Waals surface area contributed by atoms with E-state index >= 15 is 0 Å². The van der Waals surface area contributed by atoms with E-state index in [-0.39, 0.29) is 12.6 Å². The van der Waals surface area contributed by atoms with Crippen LogP contribution >= 0.6 is 0 Å². The summed E-state index contributed by atoms with van der Waals surface area (Å²) in [7, 11) is 0. The summed E-state index contributed by atoms with van der Waals surface area (Å²) in [5, 5.41) is 12.5. The molecule has 0 aliphatic carbocycles. The van der Waals surface area contributed by atoms with E-state index in [1.165, 1.54) is 0 Å². The maximum absolute atomic E-state index is 9.10. The highest BCUT2D eigenvalue weighted by atomic mass is 16.3. The fourth-order valence-electron chi connectivity index (χ4n) is 2.13. The van der Waals surface area contributed by atoms with Crippen LogP contribution in [0.5, 0.6) is 0 Å². The average Bonchev–Trinajstić information content (AvgIpc) is 2.55. The van der Waals surface area contributed by atoms with E-state index in [0.717, 1.165) is 29.9 Å². The lowest BCUT2D eigenvalue weighted by Gasteiger charge is -2.17. The van der Waals surface area contributed by atoms with Gasteiger partial charge in [0.1, 0.15) is 5.82 Å². The first kappa shape index (κ1) is 15.4. The molecule has 0 aromatic carbocycles. The number of aliphatic hydroxyl groups is 1. The Morgan fingerprint density at radius 2 is 1.95 bits per heavy atom. The maximum Gasteiger partial charge on any atom is 0.161 e. The third-order valence-corrected chi connectivity index (χ3v) is 3.40. The van der Waals surface area contributed by atoms with Gasteiger partial charge in [0.2, 0.25) is 0 Å². The minimum absolute atomic E-state index is 0.175. The number of aliphatic hydroxyl groups excluding tert-OH is 1. The van der Waals surface area contributed by atoms with Crippen LogP contribution in [-0.4, -0.2) is 32.7 Å². The molecule has 5 nitrogen and oxygen atoms in total. The Balaban J connectivity index is 2.29. The molecule has 0 aliphatic rings. The van der Waals surface area contributed by atoms with Gasteiger partial charge in [0.15, 0.2) is 5.82 Å². The molecule has 1 unspecified atom stereocenters. The molecule has 2 rings (SSSR count). The van der Waals surface area contributed by atoms with Crippen LogP contribution in [0.3, 0.4) is 0 Å². The molecule has 21 heavy (non-hydrogen) atoms. The van der Waals surface area contributed by atoms with Crippen molar-refractivity contribution >= 4 is 5.82 Å². The van der Waals surface area contributed by atoms with E-state index < -0.39 is 0 Å². The normalized spacial score (nSPS) is 12.1. The molecule has 0 fully saturated rings. The molecule has 5 heteroatoms. The number of hydrogen-bond acceptors (Lipinski definition) is 5. The smallest absolute Gasteiger partial charge is 0.161 e. The van der Waals surface area contributed by atoms with E-state index in [4.69, 9.17) is 5.11 Å². The zero-order chi connectivity index (χ0) is 15.1. The predicted molar refractivity (Wildman–Crippen MR) is 84.0 cm³/mol. The molecule has 112 valence electrons. The van der Waals surface area contributed by atoms with Crippen LogP contribution < -0.4 is 5.32 Å². The molecule has 0 saturated carbocycles. The van der Waals surface area contributed by atoms with Gasteiger partial charge in [-0.15, -0.1) is 0 Å². The SMILES string of the molecule is CCc1cc(NC(CC)CCO)nc(-c2ccncc2)n1. The highest BCUT2D eigenvalue weighted by molar-refractivity contribution is 5.56. The second kappa shape index (κ2) is 7.69. The van der Waals surface area contributed by atoms with E-state index in [2.05, 4.69) is 34.1 Å². The second-order valence-corrected chi connectivity index (χ2v) is 4.92. The molecule has 2 aromatic heterocycles. The summed E-state index contributed by atoms with van der Waals surface area (Å²) in [6, 6.07) is 6.01. The molecule has 0 radical (unpaired) electrons. The standard InChI is InChI=1S/C16H22N4O/c1-3-13(7-10-21)18-15-11-14(4-2)19-16(20-15)12-5-8-17-9-6-12/h5-6,8-9,11,13,21H,3-4,7,10H2,1-2H3,(H,18,19,20). The van der Waals surface area contributed by atoms with Gasteiger partial charge in [0.25, 0.3) is 0 Å². The van der Waals surface area contributed by atoms with E-state index in [9.17, 15) is 0 Å². The number of aryl methyl sites for hydroxylation is 1. The van der Waals surface area contributed by atoms with E-state index in [1.54, 1.807) is 12.4 Å². The Bertz CT molecular complexity index is 559. The van der Waals surface area contributed by atoms with Crippen molar-refractivity contribution in [3.8, 4) is 11.4 Å². The van der Waals surface area contributed by atoms with Crippen molar-refractivity contribution in [1.29, 1.82) is 0 Å². The minimum atomic E-state index is 0.175. The molecule has 1 atom stereocenters. The number of anilines is 1. The molecular formula is C16H22N4O. The van der Waals surface area contributed by atoms with Gasteiger partial charge in [0.05, 0.1) is 0 Å². The van der Waals surface area contributed by atoms with Crippen molar-refractivity contribution in [2.24, 2.45) is 0 Å². The molecule has 2 aromatic rings. The summed E-state index contributed by atoms with van der Waals surface area (Å²) in [5.41, 5.74) is 1.96. The molecule has 0 bridgehead atoms. The van der Waals surface area contributed by atoms with Crippen LogP contribution in [-0.2, 0) is 6.42 Å². The van der Waals surface area contributed by atoms with Crippen molar-refractivity contribution in [2.75, 3.05) is 11.9 Å². The molecule has 0 saturated heterocycles. The van der Waals surface area contributed by atoms with Crippen molar-refractivity contribution in [1.82, 2.24) is 15.0 Å². The lowest BCUT2D eigenvalue weighted by atomic mass is 10.1. The largest absolute Gasteiger partial charge is 0.396 e. The van der Waals surface area contributed by atoms with Crippen LogP contribution in [0.15, 0.2) is 30.6 Å². The number of nitrogens with one attached hydrogen (secondary N) is 1. The van der Waals surface area contributed by atoms with E-state index in [0.29, 0.717) is 12.2 Å². The lowest BCUT2D eigenvalue weighted by molar-refractivity contribution is 0.278. The van der Waals surface area contributed by atoms with Crippen molar-refractivity contribution in [3.63, 3.8) is 0 Å².